The monoisotopic (exact) mass is 277 g/mol. The molecule has 0 saturated carbocycles. The number of nitrogens with zero attached hydrogens (tertiary/aromatic N) is 2. The summed E-state index contributed by atoms with van der Waals surface area (Å²) in [6.07, 6.45) is 2.87. The van der Waals surface area contributed by atoms with Crippen LogP contribution in [0.1, 0.15) is 18.1 Å². The molecule has 20 heavy (non-hydrogen) atoms. The number of halogens is 1. The molecule has 0 aliphatic rings. The van der Waals surface area contributed by atoms with Crippen LogP contribution >= 0.6 is 0 Å². The van der Waals surface area contributed by atoms with Gasteiger partial charge in [-0.25, -0.2) is 4.39 Å². The molecular weight excluding hydrogens is 261 g/mol. The highest BCUT2D eigenvalue weighted by Crippen LogP contribution is 2.12. The van der Waals surface area contributed by atoms with Crippen LogP contribution in [-0.4, -0.2) is 27.3 Å². The molecule has 2 rings (SSSR count). The number of aliphatic hydroxyl groups excluding tert-OH is 1. The van der Waals surface area contributed by atoms with Gasteiger partial charge in [-0.3, -0.25) is 9.48 Å². The lowest BCUT2D eigenvalue weighted by molar-refractivity contribution is -0.121. The van der Waals surface area contributed by atoms with Gasteiger partial charge in [0.15, 0.2) is 0 Å². The Bertz CT molecular complexity index is 540. The zero-order valence-electron chi connectivity index (χ0n) is 10.9. The van der Waals surface area contributed by atoms with Crippen LogP contribution in [-0.2, 0) is 11.3 Å². The van der Waals surface area contributed by atoms with E-state index in [4.69, 9.17) is 0 Å². The average molecular weight is 277 g/mol. The predicted molar refractivity (Wildman–Crippen MR) is 71.2 cm³/mol. The predicted octanol–water partition coefficient (Wildman–Crippen LogP) is 1.26. The number of aromatic nitrogens is 2. The second kappa shape index (κ2) is 6.81. The third-order valence-electron chi connectivity index (χ3n) is 2.87. The number of carbonyl (C=O) groups excluding carboxylic acids is 1. The topological polar surface area (TPSA) is 67.2 Å². The van der Waals surface area contributed by atoms with E-state index in [1.807, 2.05) is 0 Å². The second-order valence-electron chi connectivity index (χ2n) is 4.39. The Labute approximate surface area is 116 Å². The Kier molecular flexibility index (Phi) is 4.84. The van der Waals surface area contributed by atoms with Crippen LogP contribution in [0.5, 0.6) is 0 Å². The minimum atomic E-state index is -0.843. The van der Waals surface area contributed by atoms with Crippen molar-refractivity contribution in [2.45, 2.75) is 19.1 Å². The number of aryl methyl sites for hydroxylation is 1. The van der Waals surface area contributed by atoms with Gasteiger partial charge in [-0.2, -0.15) is 5.10 Å². The van der Waals surface area contributed by atoms with Crippen molar-refractivity contribution in [3.8, 4) is 0 Å². The molecule has 1 atom stereocenters. The largest absolute Gasteiger partial charge is 0.387 e. The molecule has 6 heteroatoms. The normalized spacial score (nSPS) is 12.1. The fraction of sp³-hybridized carbons (Fsp3) is 0.286. The molecule has 2 aromatic rings. The van der Waals surface area contributed by atoms with Gasteiger partial charge in [0.2, 0.25) is 5.91 Å². The summed E-state index contributed by atoms with van der Waals surface area (Å²) in [7, 11) is 0. The lowest BCUT2D eigenvalue weighted by atomic mass is 10.1. The molecule has 0 bridgehead atoms. The van der Waals surface area contributed by atoms with E-state index in [-0.39, 0.29) is 24.7 Å². The molecule has 0 aliphatic carbocycles. The molecule has 0 fully saturated rings. The van der Waals surface area contributed by atoms with Crippen LogP contribution in [0.3, 0.4) is 0 Å². The lowest BCUT2D eigenvalue weighted by Gasteiger charge is -2.12. The zero-order chi connectivity index (χ0) is 14.4. The molecular formula is C14H16FN3O2. The van der Waals surface area contributed by atoms with Crippen molar-refractivity contribution in [3.05, 3.63) is 54.1 Å². The number of amides is 1. The molecule has 1 aromatic carbocycles. The first-order valence-corrected chi connectivity index (χ1v) is 6.33. The van der Waals surface area contributed by atoms with Gasteiger partial charge < -0.3 is 10.4 Å². The summed E-state index contributed by atoms with van der Waals surface area (Å²) in [4.78, 5) is 11.6. The Hall–Kier alpha value is -2.21. The van der Waals surface area contributed by atoms with E-state index in [9.17, 15) is 14.3 Å². The zero-order valence-corrected chi connectivity index (χ0v) is 10.9. The van der Waals surface area contributed by atoms with E-state index in [0.717, 1.165) is 0 Å². The second-order valence-corrected chi connectivity index (χ2v) is 4.39. The van der Waals surface area contributed by atoms with Gasteiger partial charge in [0.05, 0.1) is 6.10 Å². The highest BCUT2D eigenvalue weighted by atomic mass is 19.1. The van der Waals surface area contributed by atoms with Crippen LogP contribution in [0.4, 0.5) is 4.39 Å². The molecule has 1 heterocycles. The summed E-state index contributed by atoms with van der Waals surface area (Å²) in [6, 6.07) is 7.33. The van der Waals surface area contributed by atoms with Gasteiger partial charge in [-0.1, -0.05) is 12.1 Å². The highest BCUT2D eigenvalue weighted by molar-refractivity contribution is 5.75. The molecule has 0 aliphatic heterocycles. The summed E-state index contributed by atoms with van der Waals surface area (Å²) in [5.41, 5.74) is 0.568. The first-order chi connectivity index (χ1) is 9.65. The van der Waals surface area contributed by atoms with Gasteiger partial charge in [0.1, 0.15) is 5.82 Å². The Morgan fingerprint density at radius 3 is 2.80 bits per heavy atom. The van der Waals surface area contributed by atoms with Gasteiger partial charge in [-0.15, -0.1) is 0 Å². The van der Waals surface area contributed by atoms with Crippen molar-refractivity contribution in [1.29, 1.82) is 0 Å². The quantitative estimate of drug-likeness (QED) is 0.835. The maximum absolute atomic E-state index is 12.7. The maximum atomic E-state index is 12.7. The molecule has 0 spiro atoms. The van der Waals surface area contributed by atoms with Crippen LogP contribution in [0.25, 0.3) is 0 Å². The third-order valence-corrected chi connectivity index (χ3v) is 2.87. The average Bonchev–Trinajstić information content (AvgIpc) is 2.96. The summed E-state index contributed by atoms with van der Waals surface area (Å²) in [5.74, 6) is -0.522. The van der Waals surface area contributed by atoms with Crippen molar-refractivity contribution in [1.82, 2.24) is 15.1 Å². The maximum Gasteiger partial charge on any atom is 0.221 e. The Balaban J connectivity index is 1.73. The summed E-state index contributed by atoms with van der Waals surface area (Å²) < 4.78 is 14.4. The van der Waals surface area contributed by atoms with Crippen LogP contribution in [0.2, 0.25) is 0 Å². The Morgan fingerprint density at radius 2 is 2.15 bits per heavy atom. The number of carbonyl (C=O) groups is 1. The van der Waals surface area contributed by atoms with Gasteiger partial charge in [0.25, 0.3) is 0 Å². The van der Waals surface area contributed by atoms with E-state index >= 15 is 0 Å². The van der Waals surface area contributed by atoms with Crippen LogP contribution in [0.15, 0.2) is 42.7 Å². The van der Waals surface area contributed by atoms with Crippen molar-refractivity contribution < 1.29 is 14.3 Å². The van der Waals surface area contributed by atoms with Crippen molar-refractivity contribution in [2.24, 2.45) is 0 Å². The van der Waals surface area contributed by atoms with Gasteiger partial charge >= 0.3 is 0 Å². The van der Waals surface area contributed by atoms with E-state index in [0.29, 0.717) is 12.1 Å². The molecule has 0 saturated heterocycles. The molecule has 1 amide bonds. The van der Waals surface area contributed by atoms with Crippen molar-refractivity contribution >= 4 is 5.91 Å². The Morgan fingerprint density at radius 1 is 1.40 bits per heavy atom. The van der Waals surface area contributed by atoms with Crippen molar-refractivity contribution in [3.63, 3.8) is 0 Å². The first kappa shape index (κ1) is 14.2. The minimum Gasteiger partial charge on any atom is -0.387 e. The summed E-state index contributed by atoms with van der Waals surface area (Å²) in [5, 5.41) is 16.5. The smallest absolute Gasteiger partial charge is 0.221 e. The van der Waals surface area contributed by atoms with E-state index in [2.05, 4.69) is 10.4 Å². The fourth-order valence-corrected chi connectivity index (χ4v) is 1.75. The number of nitrogens with one attached hydrogen (secondary N) is 1. The molecule has 106 valence electrons. The molecule has 5 nitrogen and oxygen atoms in total. The number of benzene rings is 1. The number of aliphatic hydroxyl groups is 1. The van der Waals surface area contributed by atoms with Crippen molar-refractivity contribution in [2.75, 3.05) is 6.54 Å². The summed E-state index contributed by atoms with van der Waals surface area (Å²) >= 11 is 0. The molecule has 0 radical (unpaired) electrons. The molecule has 1 aromatic heterocycles. The van der Waals surface area contributed by atoms with E-state index in [1.165, 1.54) is 24.3 Å². The number of rotatable bonds is 6. The molecule has 1 unspecified atom stereocenters. The number of hydrogen-bond donors (Lipinski definition) is 2. The van der Waals surface area contributed by atoms with Gasteiger partial charge in [-0.05, 0) is 23.8 Å². The summed E-state index contributed by atoms with van der Waals surface area (Å²) in [6.45, 7) is 0.592. The number of hydrogen-bond acceptors (Lipinski definition) is 3. The lowest BCUT2D eigenvalue weighted by Crippen LogP contribution is -2.29. The first-order valence-electron chi connectivity index (χ1n) is 6.33. The SMILES string of the molecule is O=C(CCn1cccn1)NCC(O)c1ccc(F)cc1. The fourth-order valence-electron chi connectivity index (χ4n) is 1.75. The molecule has 2 N–H and O–H groups in total. The van der Waals surface area contributed by atoms with Crippen LogP contribution < -0.4 is 5.32 Å². The minimum absolute atomic E-state index is 0.101. The highest BCUT2D eigenvalue weighted by Gasteiger charge is 2.09. The third kappa shape index (κ3) is 4.17. The van der Waals surface area contributed by atoms with Gasteiger partial charge in [0, 0.05) is 31.9 Å². The van der Waals surface area contributed by atoms with E-state index < -0.39 is 6.10 Å². The standard InChI is InChI=1S/C14H16FN3O2/c15-12-4-2-11(3-5-12)13(19)10-16-14(20)6-9-18-8-1-7-17-18/h1-5,7-8,13,19H,6,9-10H2,(H,16,20). The van der Waals surface area contributed by atoms with Crippen LogP contribution in [0, 0.1) is 5.82 Å². The van der Waals surface area contributed by atoms with E-state index in [1.54, 1.807) is 23.1 Å².